The molecular weight excluding hydrogens is 369 g/mol. The minimum absolute atomic E-state index is 0.0738. The molecule has 5 heteroatoms. The number of ether oxygens (including phenoxy) is 1. The number of nitrogens with zero attached hydrogens (tertiary/aromatic N) is 1. The quantitative estimate of drug-likeness (QED) is 0.641. The number of carbonyl (C=O) groups excluding carboxylic acids is 1. The molecule has 2 atom stereocenters. The van der Waals surface area contributed by atoms with E-state index in [9.17, 15) is 4.79 Å². The van der Waals surface area contributed by atoms with Crippen LogP contribution in [0.4, 0.5) is 0 Å². The molecule has 1 amide bonds. The molecule has 3 rings (SSSR count). The van der Waals surface area contributed by atoms with E-state index in [2.05, 4.69) is 13.8 Å². The maximum absolute atomic E-state index is 13.0. The van der Waals surface area contributed by atoms with Crippen LogP contribution in [0.1, 0.15) is 49.0 Å². The standard InChI is InChI=1S/C21H23Cl2NO2/c1-14-5-3-6-15(2)24(14)21(25)17-7-4-8-18(12-17)26-13-16-9-10-19(22)20(23)11-16/h4,7-12,14-15H,3,5-6,13H2,1-2H3/t14-,15-/m1/s1. The van der Waals surface area contributed by atoms with Gasteiger partial charge in [0.25, 0.3) is 5.91 Å². The summed E-state index contributed by atoms with van der Waals surface area (Å²) in [5, 5.41) is 1.03. The maximum Gasteiger partial charge on any atom is 0.254 e. The van der Waals surface area contributed by atoms with E-state index in [1.54, 1.807) is 12.1 Å². The molecule has 1 heterocycles. The van der Waals surface area contributed by atoms with Gasteiger partial charge in [0.2, 0.25) is 0 Å². The third kappa shape index (κ3) is 4.33. The highest BCUT2D eigenvalue weighted by molar-refractivity contribution is 6.42. The highest BCUT2D eigenvalue weighted by Gasteiger charge is 2.29. The number of rotatable bonds is 4. The topological polar surface area (TPSA) is 29.5 Å². The monoisotopic (exact) mass is 391 g/mol. The molecule has 2 aromatic carbocycles. The lowest BCUT2D eigenvalue weighted by atomic mass is 9.96. The van der Waals surface area contributed by atoms with Crippen molar-refractivity contribution in [3.05, 3.63) is 63.6 Å². The van der Waals surface area contributed by atoms with Crippen molar-refractivity contribution in [1.82, 2.24) is 4.90 Å². The van der Waals surface area contributed by atoms with Crippen molar-refractivity contribution in [2.75, 3.05) is 0 Å². The predicted molar refractivity (Wildman–Crippen MR) is 106 cm³/mol. The lowest BCUT2D eigenvalue weighted by Crippen LogP contribution is -2.47. The van der Waals surface area contributed by atoms with Gasteiger partial charge in [0.15, 0.2) is 0 Å². The van der Waals surface area contributed by atoms with Gasteiger partial charge in [-0.3, -0.25) is 4.79 Å². The van der Waals surface area contributed by atoms with Crippen molar-refractivity contribution in [2.45, 2.75) is 51.8 Å². The van der Waals surface area contributed by atoms with Gasteiger partial charge in [-0.2, -0.15) is 0 Å². The molecule has 1 aliphatic heterocycles. The molecule has 1 saturated heterocycles. The summed E-state index contributed by atoms with van der Waals surface area (Å²) in [4.78, 5) is 15.0. The summed E-state index contributed by atoms with van der Waals surface area (Å²) in [7, 11) is 0. The van der Waals surface area contributed by atoms with E-state index in [0.717, 1.165) is 18.4 Å². The summed E-state index contributed by atoms with van der Waals surface area (Å²) in [5.41, 5.74) is 1.59. The lowest BCUT2D eigenvalue weighted by Gasteiger charge is -2.39. The van der Waals surface area contributed by atoms with E-state index >= 15 is 0 Å². The van der Waals surface area contributed by atoms with Gasteiger partial charge in [0.1, 0.15) is 12.4 Å². The lowest BCUT2D eigenvalue weighted by molar-refractivity contribution is 0.0510. The molecule has 138 valence electrons. The average molecular weight is 392 g/mol. The minimum atomic E-state index is 0.0738. The molecule has 26 heavy (non-hydrogen) atoms. The van der Waals surface area contributed by atoms with Crippen LogP contribution in [0.15, 0.2) is 42.5 Å². The van der Waals surface area contributed by atoms with Gasteiger partial charge in [-0.15, -0.1) is 0 Å². The first-order valence-corrected chi connectivity index (χ1v) is 9.70. The van der Waals surface area contributed by atoms with Crippen molar-refractivity contribution in [2.24, 2.45) is 0 Å². The SMILES string of the molecule is C[C@@H]1CCC[C@@H](C)N1C(=O)c1cccc(OCc2ccc(Cl)c(Cl)c2)c1. The second-order valence-electron chi connectivity index (χ2n) is 6.91. The molecule has 0 spiro atoms. The zero-order chi connectivity index (χ0) is 18.7. The van der Waals surface area contributed by atoms with Crippen molar-refractivity contribution in [3.63, 3.8) is 0 Å². The Kier molecular flexibility index (Phi) is 6.10. The average Bonchev–Trinajstić information content (AvgIpc) is 2.63. The van der Waals surface area contributed by atoms with E-state index in [-0.39, 0.29) is 18.0 Å². The Balaban J connectivity index is 1.71. The summed E-state index contributed by atoms with van der Waals surface area (Å²) in [6, 6.07) is 13.3. The van der Waals surface area contributed by atoms with Crippen molar-refractivity contribution in [3.8, 4) is 5.75 Å². The van der Waals surface area contributed by atoms with Crippen LogP contribution in [0.5, 0.6) is 5.75 Å². The second-order valence-corrected chi connectivity index (χ2v) is 7.72. The first-order chi connectivity index (χ1) is 12.5. The number of likely N-dealkylation sites (tertiary alicyclic amines) is 1. The maximum atomic E-state index is 13.0. The summed E-state index contributed by atoms with van der Waals surface area (Å²) in [6.07, 6.45) is 3.30. The fourth-order valence-electron chi connectivity index (χ4n) is 3.49. The molecule has 0 radical (unpaired) electrons. The van der Waals surface area contributed by atoms with Gasteiger partial charge < -0.3 is 9.64 Å². The number of benzene rings is 2. The van der Waals surface area contributed by atoms with Crippen LogP contribution in [0.25, 0.3) is 0 Å². The number of halogens is 2. The highest BCUT2D eigenvalue weighted by atomic mass is 35.5. The largest absolute Gasteiger partial charge is 0.489 e. The fraction of sp³-hybridized carbons (Fsp3) is 0.381. The highest BCUT2D eigenvalue weighted by Crippen LogP contribution is 2.26. The Hall–Kier alpha value is -1.71. The van der Waals surface area contributed by atoms with E-state index < -0.39 is 0 Å². The van der Waals surface area contributed by atoms with E-state index in [0.29, 0.717) is 28.0 Å². The van der Waals surface area contributed by atoms with Gasteiger partial charge in [0.05, 0.1) is 10.0 Å². The Morgan fingerprint density at radius 3 is 2.50 bits per heavy atom. The molecule has 0 N–H and O–H groups in total. The van der Waals surface area contributed by atoms with E-state index in [1.807, 2.05) is 35.2 Å². The van der Waals surface area contributed by atoms with Crippen LogP contribution in [-0.2, 0) is 6.61 Å². The van der Waals surface area contributed by atoms with E-state index in [4.69, 9.17) is 27.9 Å². The number of hydrogen-bond donors (Lipinski definition) is 0. The number of piperidine rings is 1. The number of hydrogen-bond acceptors (Lipinski definition) is 2. The number of amides is 1. The van der Waals surface area contributed by atoms with E-state index in [1.165, 1.54) is 6.42 Å². The minimum Gasteiger partial charge on any atom is -0.489 e. The molecule has 2 aromatic rings. The van der Waals surface area contributed by atoms with Gasteiger partial charge in [-0.25, -0.2) is 0 Å². The fourth-order valence-corrected chi connectivity index (χ4v) is 3.81. The molecule has 3 nitrogen and oxygen atoms in total. The van der Waals surface area contributed by atoms with Crippen molar-refractivity contribution >= 4 is 29.1 Å². The van der Waals surface area contributed by atoms with Gasteiger partial charge in [-0.05, 0) is 69.0 Å². The normalized spacial score (nSPS) is 20.1. The third-order valence-electron chi connectivity index (χ3n) is 4.90. The van der Waals surface area contributed by atoms with Crippen LogP contribution in [0.3, 0.4) is 0 Å². The zero-order valence-electron chi connectivity index (χ0n) is 15.0. The van der Waals surface area contributed by atoms with Crippen molar-refractivity contribution < 1.29 is 9.53 Å². The Bertz CT molecular complexity index is 783. The van der Waals surface area contributed by atoms with Gasteiger partial charge >= 0.3 is 0 Å². The van der Waals surface area contributed by atoms with Gasteiger partial charge in [0, 0.05) is 17.6 Å². The first-order valence-electron chi connectivity index (χ1n) is 8.95. The molecule has 0 aliphatic carbocycles. The molecule has 1 aliphatic rings. The molecule has 0 bridgehead atoms. The molecule has 0 unspecified atom stereocenters. The summed E-state index contributed by atoms with van der Waals surface area (Å²) in [6.45, 7) is 4.61. The van der Waals surface area contributed by atoms with Crippen LogP contribution < -0.4 is 4.74 Å². The Labute approximate surface area is 164 Å². The van der Waals surface area contributed by atoms with Gasteiger partial charge in [-0.1, -0.05) is 35.3 Å². The van der Waals surface area contributed by atoms with Crippen LogP contribution in [0.2, 0.25) is 10.0 Å². The molecular formula is C21H23Cl2NO2. The predicted octanol–water partition coefficient (Wildman–Crippen LogP) is 5.98. The Morgan fingerprint density at radius 2 is 1.81 bits per heavy atom. The summed E-state index contributed by atoms with van der Waals surface area (Å²) >= 11 is 12.0. The third-order valence-corrected chi connectivity index (χ3v) is 5.64. The van der Waals surface area contributed by atoms with Crippen molar-refractivity contribution in [1.29, 1.82) is 0 Å². The number of carbonyl (C=O) groups is 1. The molecule has 1 fully saturated rings. The summed E-state index contributed by atoms with van der Waals surface area (Å²) < 4.78 is 5.85. The smallest absolute Gasteiger partial charge is 0.254 e. The second kappa shape index (κ2) is 8.32. The summed E-state index contributed by atoms with van der Waals surface area (Å²) in [5.74, 6) is 0.740. The zero-order valence-corrected chi connectivity index (χ0v) is 16.6. The molecule has 0 aromatic heterocycles. The first kappa shape index (κ1) is 19.1. The molecule has 0 saturated carbocycles. The Morgan fingerprint density at radius 1 is 1.08 bits per heavy atom. The van der Waals surface area contributed by atoms with Crippen LogP contribution in [-0.4, -0.2) is 22.9 Å². The van der Waals surface area contributed by atoms with Crippen LogP contribution >= 0.6 is 23.2 Å². The van der Waals surface area contributed by atoms with Crippen LogP contribution in [0, 0.1) is 0 Å².